The number of hydrogen-bond donors (Lipinski definition) is 1. The fourth-order valence-electron chi connectivity index (χ4n) is 1.80. The van der Waals surface area contributed by atoms with Crippen molar-refractivity contribution in [1.29, 1.82) is 0 Å². The summed E-state index contributed by atoms with van der Waals surface area (Å²) in [5.41, 5.74) is 9.36. The van der Waals surface area contributed by atoms with Crippen LogP contribution in [0, 0.1) is 13.8 Å². The van der Waals surface area contributed by atoms with Gasteiger partial charge in [-0.1, -0.05) is 0 Å². The Morgan fingerprint density at radius 1 is 1.37 bits per heavy atom. The van der Waals surface area contributed by atoms with Crippen molar-refractivity contribution in [2.45, 2.75) is 13.8 Å². The first-order valence-electron chi connectivity index (χ1n) is 5.91. The predicted octanol–water partition coefficient (Wildman–Crippen LogP) is 1.17. The number of nitrogen functional groups attached to an aromatic ring is 1. The number of rotatable bonds is 2. The number of aryl methyl sites for hydroxylation is 1. The monoisotopic (exact) mass is 259 g/mol. The van der Waals surface area contributed by atoms with E-state index in [1.54, 1.807) is 37.1 Å². The van der Waals surface area contributed by atoms with Crippen LogP contribution in [0.5, 0.6) is 0 Å². The molecule has 19 heavy (non-hydrogen) atoms. The molecule has 2 rings (SSSR count). The smallest absolute Gasteiger partial charge is 0.272 e. The lowest BCUT2D eigenvalue weighted by Crippen LogP contribution is -2.23. The average Bonchev–Trinajstić information content (AvgIpc) is 2.65. The molecule has 2 aromatic heterocycles. The third-order valence-electron chi connectivity index (χ3n) is 2.96. The minimum atomic E-state index is -0.142. The summed E-state index contributed by atoms with van der Waals surface area (Å²) in [6.07, 6.45) is 1.60. The quantitative estimate of drug-likeness (QED) is 0.878. The number of nitrogens with two attached hydrogens (primary N) is 1. The number of hydrogen-bond acceptors (Lipinski definition) is 4. The maximum absolute atomic E-state index is 11.9. The molecule has 0 aliphatic rings. The van der Waals surface area contributed by atoms with Crippen molar-refractivity contribution in [3.05, 3.63) is 35.4 Å². The summed E-state index contributed by atoms with van der Waals surface area (Å²) in [7, 11) is 3.38. The topological polar surface area (TPSA) is 77.0 Å². The van der Waals surface area contributed by atoms with Gasteiger partial charge in [0.1, 0.15) is 5.69 Å². The molecule has 2 aromatic rings. The van der Waals surface area contributed by atoms with Gasteiger partial charge in [-0.2, -0.15) is 5.10 Å². The van der Waals surface area contributed by atoms with E-state index in [1.807, 2.05) is 13.8 Å². The summed E-state index contributed by atoms with van der Waals surface area (Å²) in [6, 6.07) is 3.51. The van der Waals surface area contributed by atoms with Crippen LogP contribution in [0.15, 0.2) is 18.3 Å². The summed E-state index contributed by atoms with van der Waals surface area (Å²) in [6.45, 7) is 3.75. The van der Waals surface area contributed by atoms with Crippen molar-refractivity contribution >= 4 is 11.6 Å². The molecule has 0 fully saturated rings. The van der Waals surface area contributed by atoms with E-state index < -0.39 is 0 Å². The van der Waals surface area contributed by atoms with Gasteiger partial charge in [0.2, 0.25) is 0 Å². The molecule has 2 N–H and O–H groups in total. The zero-order valence-electron chi connectivity index (χ0n) is 11.5. The SMILES string of the molecule is Cc1nn(-c2ccnc(C(=O)N(C)C)c2)c(C)c1N. The van der Waals surface area contributed by atoms with E-state index in [2.05, 4.69) is 10.1 Å². The van der Waals surface area contributed by atoms with Crippen molar-refractivity contribution in [3.63, 3.8) is 0 Å². The first-order chi connectivity index (χ1) is 8.91. The van der Waals surface area contributed by atoms with E-state index in [0.717, 1.165) is 17.1 Å². The lowest BCUT2D eigenvalue weighted by atomic mass is 10.3. The Kier molecular flexibility index (Phi) is 3.25. The maximum atomic E-state index is 11.9. The highest BCUT2D eigenvalue weighted by Gasteiger charge is 2.13. The van der Waals surface area contributed by atoms with Gasteiger partial charge in [0.05, 0.1) is 22.8 Å². The Labute approximate surface area is 111 Å². The molecule has 0 radical (unpaired) electrons. The minimum Gasteiger partial charge on any atom is -0.396 e. The zero-order valence-corrected chi connectivity index (χ0v) is 11.5. The van der Waals surface area contributed by atoms with Crippen molar-refractivity contribution in [2.24, 2.45) is 0 Å². The Bertz CT molecular complexity index is 630. The van der Waals surface area contributed by atoms with Crippen LogP contribution < -0.4 is 5.73 Å². The van der Waals surface area contributed by atoms with Gasteiger partial charge in [-0.15, -0.1) is 0 Å². The van der Waals surface area contributed by atoms with Crippen molar-refractivity contribution in [3.8, 4) is 5.69 Å². The Hall–Kier alpha value is -2.37. The molecule has 6 nitrogen and oxygen atoms in total. The molecular weight excluding hydrogens is 242 g/mol. The third-order valence-corrected chi connectivity index (χ3v) is 2.96. The van der Waals surface area contributed by atoms with Crippen molar-refractivity contribution in [2.75, 3.05) is 19.8 Å². The molecule has 0 saturated heterocycles. The van der Waals surface area contributed by atoms with Crippen LogP contribution in [0.4, 0.5) is 5.69 Å². The Morgan fingerprint density at radius 3 is 2.58 bits per heavy atom. The number of pyridine rings is 1. The standard InChI is InChI=1S/C13H17N5O/c1-8-12(14)9(2)18(16-8)10-5-6-15-11(7-10)13(19)17(3)4/h5-7H,14H2,1-4H3. The van der Waals surface area contributed by atoms with Crippen molar-refractivity contribution < 1.29 is 4.79 Å². The van der Waals surface area contributed by atoms with E-state index in [0.29, 0.717) is 11.4 Å². The summed E-state index contributed by atoms with van der Waals surface area (Å²) >= 11 is 0. The second-order valence-electron chi connectivity index (χ2n) is 4.60. The van der Waals surface area contributed by atoms with Gasteiger partial charge in [-0.05, 0) is 26.0 Å². The van der Waals surface area contributed by atoms with Gasteiger partial charge in [0, 0.05) is 20.3 Å². The molecule has 100 valence electrons. The second kappa shape index (κ2) is 4.72. The van der Waals surface area contributed by atoms with Crippen LogP contribution in [0.3, 0.4) is 0 Å². The molecular formula is C13H17N5O. The zero-order chi connectivity index (χ0) is 14.2. The van der Waals surface area contributed by atoms with E-state index in [-0.39, 0.29) is 5.91 Å². The van der Waals surface area contributed by atoms with E-state index in [9.17, 15) is 4.79 Å². The van der Waals surface area contributed by atoms with Crippen LogP contribution >= 0.6 is 0 Å². The number of aromatic nitrogens is 3. The number of carbonyl (C=O) groups excluding carboxylic acids is 1. The molecule has 0 saturated carbocycles. The highest BCUT2D eigenvalue weighted by molar-refractivity contribution is 5.92. The molecule has 0 aromatic carbocycles. The molecule has 0 atom stereocenters. The van der Waals surface area contributed by atoms with Gasteiger partial charge in [0.25, 0.3) is 5.91 Å². The van der Waals surface area contributed by atoms with Crippen LogP contribution in [-0.4, -0.2) is 39.7 Å². The van der Waals surface area contributed by atoms with Crippen LogP contribution in [0.2, 0.25) is 0 Å². The lowest BCUT2D eigenvalue weighted by Gasteiger charge is -2.10. The van der Waals surface area contributed by atoms with Crippen LogP contribution in [-0.2, 0) is 0 Å². The highest BCUT2D eigenvalue weighted by Crippen LogP contribution is 2.19. The molecule has 1 amide bonds. The Balaban J connectivity index is 2.49. The molecule has 0 aliphatic carbocycles. The predicted molar refractivity (Wildman–Crippen MR) is 73.3 cm³/mol. The van der Waals surface area contributed by atoms with E-state index in [4.69, 9.17) is 5.73 Å². The molecule has 0 spiro atoms. The van der Waals surface area contributed by atoms with Gasteiger partial charge >= 0.3 is 0 Å². The maximum Gasteiger partial charge on any atom is 0.272 e. The van der Waals surface area contributed by atoms with E-state index in [1.165, 1.54) is 4.90 Å². The minimum absolute atomic E-state index is 0.142. The first-order valence-corrected chi connectivity index (χ1v) is 5.91. The largest absolute Gasteiger partial charge is 0.396 e. The summed E-state index contributed by atoms with van der Waals surface area (Å²) < 4.78 is 1.72. The summed E-state index contributed by atoms with van der Waals surface area (Å²) in [5, 5.41) is 4.36. The number of anilines is 1. The Morgan fingerprint density at radius 2 is 2.05 bits per heavy atom. The summed E-state index contributed by atoms with van der Waals surface area (Å²) in [5.74, 6) is -0.142. The number of amides is 1. The molecule has 6 heteroatoms. The third kappa shape index (κ3) is 2.29. The highest BCUT2D eigenvalue weighted by atomic mass is 16.2. The van der Waals surface area contributed by atoms with Gasteiger partial charge in [-0.25, -0.2) is 4.68 Å². The van der Waals surface area contributed by atoms with Gasteiger partial charge in [0.15, 0.2) is 0 Å². The molecule has 2 heterocycles. The number of carbonyl (C=O) groups is 1. The van der Waals surface area contributed by atoms with Gasteiger partial charge < -0.3 is 10.6 Å². The van der Waals surface area contributed by atoms with Gasteiger partial charge in [-0.3, -0.25) is 9.78 Å². The molecule has 0 bridgehead atoms. The molecule has 0 unspecified atom stereocenters. The van der Waals surface area contributed by atoms with E-state index >= 15 is 0 Å². The summed E-state index contributed by atoms with van der Waals surface area (Å²) in [4.78, 5) is 17.5. The normalized spacial score (nSPS) is 10.5. The van der Waals surface area contributed by atoms with Crippen LogP contribution in [0.1, 0.15) is 21.9 Å². The first kappa shape index (κ1) is 13.1. The fraction of sp³-hybridized carbons (Fsp3) is 0.308. The lowest BCUT2D eigenvalue weighted by molar-refractivity contribution is 0.0822. The van der Waals surface area contributed by atoms with Crippen LogP contribution in [0.25, 0.3) is 5.69 Å². The number of nitrogens with zero attached hydrogens (tertiary/aromatic N) is 4. The fourth-order valence-corrected chi connectivity index (χ4v) is 1.80. The second-order valence-corrected chi connectivity index (χ2v) is 4.60. The van der Waals surface area contributed by atoms with Crippen molar-refractivity contribution in [1.82, 2.24) is 19.7 Å². The molecule has 0 aliphatic heterocycles. The average molecular weight is 259 g/mol.